The number of pyridine rings is 1. The van der Waals surface area contributed by atoms with Gasteiger partial charge in [-0.05, 0) is 19.0 Å². The third-order valence-corrected chi connectivity index (χ3v) is 2.44. The Hall–Kier alpha value is -1.16. The smallest absolute Gasteiger partial charge is 0.218 e. The van der Waals surface area contributed by atoms with Crippen molar-refractivity contribution in [2.24, 2.45) is 0 Å². The maximum absolute atomic E-state index is 13.1. The van der Waals surface area contributed by atoms with Gasteiger partial charge in [0.1, 0.15) is 5.82 Å². The molecule has 0 fully saturated rings. The maximum atomic E-state index is 13.1. The van der Waals surface area contributed by atoms with Crippen LogP contribution in [0.1, 0.15) is 38.7 Å². The summed E-state index contributed by atoms with van der Waals surface area (Å²) in [6.07, 6.45) is 4.51. The van der Waals surface area contributed by atoms with E-state index in [2.05, 4.69) is 17.2 Å². The fourth-order valence-electron chi connectivity index (χ4n) is 1.51. The first kappa shape index (κ1) is 13.9. The first-order valence-electron chi connectivity index (χ1n) is 6.25. The number of nitrogens with zero attached hydrogens (tertiary/aromatic N) is 1. The van der Waals surface area contributed by atoms with E-state index < -0.39 is 0 Å². The lowest BCUT2D eigenvalue weighted by molar-refractivity contribution is 0.290. The Labute approximate surface area is 102 Å². The molecule has 96 valence electrons. The monoisotopic (exact) mass is 240 g/mol. The summed E-state index contributed by atoms with van der Waals surface area (Å²) in [6.45, 7) is 6.23. The van der Waals surface area contributed by atoms with Crippen LogP contribution in [0.15, 0.2) is 12.3 Å². The molecule has 0 aliphatic rings. The van der Waals surface area contributed by atoms with Gasteiger partial charge >= 0.3 is 0 Å². The SMILES string of the molecule is CCCCCOc1ncc(F)cc1CNCC. The second-order valence-electron chi connectivity index (χ2n) is 3.95. The molecule has 0 aromatic carbocycles. The zero-order chi connectivity index (χ0) is 12.5. The summed E-state index contributed by atoms with van der Waals surface area (Å²) in [7, 11) is 0. The van der Waals surface area contributed by atoms with Crippen LogP contribution in [0.3, 0.4) is 0 Å². The zero-order valence-electron chi connectivity index (χ0n) is 10.6. The molecule has 0 spiro atoms. The van der Waals surface area contributed by atoms with Gasteiger partial charge in [0.15, 0.2) is 0 Å². The lowest BCUT2D eigenvalue weighted by atomic mass is 10.2. The van der Waals surface area contributed by atoms with Gasteiger partial charge in [0.2, 0.25) is 5.88 Å². The molecule has 0 bridgehead atoms. The fourth-order valence-corrected chi connectivity index (χ4v) is 1.51. The minimum Gasteiger partial charge on any atom is -0.477 e. The predicted octanol–water partition coefficient (Wildman–Crippen LogP) is 2.90. The molecular weight excluding hydrogens is 219 g/mol. The Balaban J connectivity index is 2.55. The van der Waals surface area contributed by atoms with Gasteiger partial charge in [0.25, 0.3) is 0 Å². The average Bonchev–Trinajstić information content (AvgIpc) is 2.34. The molecule has 0 amide bonds. The Bertz CT molecular complexity index is 331. The summed E-state index contributed by atoms with van der Waals surface area (Å²) in [5.41, 5.74) is 0.781. The highest BCUT2D eigenvalue weighted by Crippen LogP contribution is 2.16. The quantitative estimate of drug-likeness (QED) is 0.709. The lowest BCUT2D eigenvalue weighted by Crippen LogP contribution is -2.14. The molecule has 17 heavy (non-hydrogen) atoms. The van der Waals surface area contributed by atoms with E-state index in [0.717, 1.165) is 31.4 Å². The third kappa shape index (κ3) is 5.13. The molecule has 0 aliphatic heterocycles. The summed E-state index contributed by atoms with van der Waals surface area (Å²) in [5.74, 6) is 0.224. The van der Waals surface area contributed by atoms with Crippen molar-refractivity contribution in [3.8, 4) is 5.88 Å². The standard InChI is InChI=1S/C13H21FN2O/c1-3-5-6-7-17-13-11(9-15-4-2)8-12(14)10-16-13/h8,10,15H,3-7,9H2,1-2H3. The summed E-state index contributed by atoms with van der Waals surface area (Å²) >= 11 is 0. The van der Waals surface area contributed by atoms with Crippen LogP contribution in [0.5, 0.6) is 5.88 Å². The van der Waals surface area contributed by atoms with Crippen molar-refractivity contribution < 1.29 is 9.13 Å². The number of aromatic nitrogens is 1. The van der Waals surface area contributed by atoms with Crippen LogP contribution in [-0.2, 0) is 6.54 Å². The van der Waals surface area contributed by atoms with Crippen LogP contribution in [-0.4, -0.2) is 18.1 Å². The molecule has 1 aromatic rings. The van der Waals surface area contributed by atoms with Gasteiger partial charge in [-0.2, -0.15) is 0 Å². The highest BCUT2D eigenvalue weighted by molar-refractivity contribution is 5.26. The van der Waals surface area contributed by atoms with Gasteiger partial charge in [0, 0.05) is 12.1 Å². The van der Waals surface area contributed by atoms with E-state index in [1.54, 1.807) is 0 Å². The molecule has 1 aromatic heterocycles. The third-order valence-electron chi connectivity index (χ3n) is 2.44. The van der Waals surface area contributed by atoms with Crippen LogP contribution >= 0.6 is 0 Å². The van der Waals surface area contributed by atoms with Crippen LogP contribution in [0, 0.1) is 5.82 Å². The van der Waals surface area contributed by atoms with Crippen molar-refractivity contribution in [3.63, 3.8) is 0 Å². The van der Waals surface area contributed by atoms with Crippen molar-refractivity contribution in [2.75, 3.05) is 13.2 Å². The van der Waals surface area contributed by atoms with Gasteiger partial charge < -0.3 is 10.1 Å². The van der Waals surface area contributed by atoms with Crippen molar-refractivity contribution in [3.05, 3.63) is 23.6 Å². The number of nitrogens with one attached hydrogen (secondary N) is 1. The zero-order valence-corrected chi connectivity index (χ0v) is 10.6. The molecule has 0 saturated heterocycles. The van der Waals surface area contributed by atoms with Crippen LogP contribution in [0.25, 0.3) is 0 Å². The van der Waals surface area contributed by atoms with Gasteiger partial charge in [0.05, 0.1) is 12.8 Å². The molecule has 0 aliphatic carbocycles. The van der Waals surface area contributed by atoms with Crippen molar-refractivity contribution in [1.82, 2.24) is 10.3 Å². The minimum absolute atomic E-state index is 0.321. The Morgan fingerprint density at radius 2 is 2.18 bits per heavy atom. The molecule has 0 saturated carbocycles. The van der Waals surface area contributed by atoms with E-state index in [9.17, 15) is 4.39 Å². The van der Waals surface area contributed by atoms with Gasteiger partial charge in [-0.25, -0.2) is 9.37 Å². The molecule has 0 unspecified atom stereocenters. The minimum atomic E-state index is -0.321. The maximum Gasteiger partial charge on any atom is 0.218 e. The van der Waals surface area contributed by atoms with Gasteiger partial charge in [-0.15, -0.1) is 0 Å². The average molecular weight is 240 g/mol. The molecule has 4 heteroatoms. The van der Waals surface area contributed by atoms with E-state index in [1.165, 1.54) is 12.3 Å². The first-order valence-corrected chi connectivity index (χ1v) is 6.25. The highest BCUT2D eigenvalue weighted by atomic mass is 19.1. The van der Waals surface area contributed by atoms with E-state index in [4.69, 9.17) is 4.74 Å². The molecule has 1 N–H and O–H groups in total. The molecule has 0 radical (unpaired) electrons. The number of hydrogen-bond acceptors (Lipinski definition) is 3. The van der Waals surface area contributed by atoms with Crippen LogP contribution < -0.4 is 10.1 Å². The van der Waals surface area contributed by atoms with Gasteiger partial charge in [-0.1, -0.05) is 26.7 Å². The molecule has 0 atom stereocenters. The van der Waals surface area contributed by atoms with Crippen molar-refractivity contribution in [1.29, 1.82) is 0 Å². The molecule has 1 heterocycles. The second-order valence-corrected chi connectivity index (χ2v) is 3.95. The van der Waals surface area contributed by atoms with E-state index >= 15 is 0 Å². The number of ether oxygens (including phenoxy) is 1. The fraction of sp³-hybridized carbons (Fsp3) is 0.615. The van der Waals surface area contributed by atoms with E-state index in [0.29, 0.717) is 19.0 Å². The van der Waals surface area contributed by atoms with Gasteiger partial charge in [-0.3, -0.25) is 0 Å². The van der Waals surface area contributed by atoms with Crippen molar-refractivity contribution in [2.45, 2.75) is 39.7 Å². The molecule has 1 rings (SSSR count). The molecular formula is C13H21FN2O. The Morgan fingerprint density at radius 3 is 2.88 bits per heavy atom. The number of halogens is 1. The summed E-state index contributed by atoms with van der Waals surface area (Å²) in [4.78, 5) is 3.99. The van der Waals surface area contributed by atoms with Crippen LogP contribution in [0.2, 0.25) is 0 Å². The normalized spacial score (nSPS) is 10.5. The highest BCUT2D eigenvalue weighted by Gasteiger charge is 2.06. The van der Waals surface area contributed by atoms with Crippen LogP contribution in [0.4, 0.5) is 4.39 Å². The second kappa shape index (κ2) is 8.01. The largest absolute Gasteiger partial charge is 0.477 e. The topological polar surface area (TPSA) is 34.1 Å². The van der Waals surface area contributed by atoms with E-state index in [-0.39, 0.29) is 5.82 Å². The number of hydrogen-bond donors (Lipinski definition) is 1. The predicted molar refractivity (Wildman–Crippen MR) is 66.6 cm³/mol. The van der Waals surface area contributed by atoms with Crippen molar-refractivity contribution >= 4 is 0 Å². The molecule has 3 nitrogen and oxygen atoms in total. The number of rotatable bonds is 8. The van der Waals surface area contributed by atoms with E-state index in [1.807, 2.05) is 6.92 Å². The summed E-state index contributed by atoms with van der Waals surface area (Å²) in [5, 5.41) is 3.15. The Morgan fingerprint density at radius 1 is 1.35 bits per heavy atom. The lowest BCUT2D eigenvalue weighted by Gasteiger charge is -2.10. The Kier molecular flexibility index (Phi) is 6.55. The summed E-state index contributed by atoms with van der Waals surface area (Å²) in [6, 6.07) is 1.48. The summed E-state index contributed by atoms with van der Waals surface area (Å²) < 4.78 is 18.6. The number of unbranched alkanes of at least 4 members (excludes halogenated alkanes) is 2. The first-order chi connectivity index (χ1) is 8.27.